The molecule has 22 heavy (non-hydrogen) atoms. The van der Waals surface area contributed by atoms with Crippen molar-refractivity contribution in [2.45, 2.75) is 57.6 Å². The summed E-state index contributed by atoms with van der Waals surface area (Å²) in [6.45, 7) is 12.1. The predicted octanol–water partition coefficient (Wildman–Crippen LogP) is 3.20. The number of benzene rings is 1. The maximum atomic E-state index is 11.7. The summed E-state index contributed by atoms with van der Waals surface area (Å²) in [7, 11) is 0. The first-order chi connectivity index (χ1) is 9.89. The Morgan fingerprint density at radius 2 is 1.55 bits per heavy atom. The molecule has 0 aromatic heterocycles. The van der Waals surface area contributed by atoms with Gasteiger partial charge in [0.1, 0.15) is 11.0 Å². The lowest BCUT2D eigenvalue weighted by molar-refractivity contribution is -0.117. The maximum Gasteiger partial charge on any atom is 0.235 e. The molecule has 5 heteroatoms. The van der Waals surface area contributed by atoms with E-state index in [4.69, 9.17) is 10.8 Å². The highest BCUT2D eigenvalue weighted by atomic mass is 32.2. The number of aromatic hydroxyl groups is 1. The van der Waals surface area contributed by atoms with E-state index in [1.165, 1.54) is 0 Å². The second-order valence-corrected chi connectivity index (χ2v) is 8.61. The van der Waals surface area contributed by atoms with Gasteiger partial charge >= 0.3 is 0 Å². The number of primary amides is 1. The Morgan fingerprint density at radius 3 is 1.82 bits per heavy atom. The molecule has 1 unspecified atom stereocenters. The van der Waals surface area contributed by atoms with Gasteiger partial charge in [-0.3, -0.25) is 4.79 Å². The lowest BCUT2D eigenvalue weighted by atomic mass is 9.78. The van der Waals surface area contributed by atoms with Gasteiger partial charge in [-0.05, 0) is 39.7 Å². The van der Waals surface area contributed by atoms with Crippen LogP contribution in [0.5, 0.6) is 5.75 Å². The first-order valence-corrected chi connectivity index (χ1v) is 8.34. The van der Waals surface area contributed by atoms with Crippen LogP contribution in [0, 0.1) is 0 Å². The van der Waals surface area contributed by atoms with Crippen molar-refractivity contribution in [1.82, 2.24) is 0 Å². The van der Waals surface area contributed by atoms with Crippen molar-refractivity contribution < 1.29 is 15.0 Å². The first kappa shape index (κ1) is 18.8. The fourth-order valence-corrected chi connectivity index (χ4v) is 3.01. The van der Waals surface area contributed by atoms with Crippen molar-refractivity contribution in [3.63, 3.8) is 0 Å². The summed E-state index contributed by atoms with van der Waals surface area (Å²) in [6.07, 6.45) is 0. The highest BCUT2D eigenvalue weighted by Crippen LogP contribution is 2.42. The third-order valence-corrected chi connectivity index (χ3v) is 4.54. The van der Waals surface area contributed by atoms with Gasteiger partial charge in [0.05, 0.1) is 5.94 Å². The SMILES string of the molecule is CC(C)(C)c1cc(C(SCO)C(N)=O)cc(C(C)(C)C)c1O. The fourth-order valence-electron chi connectivity index (χ4n) is 2.37. The van der Waals surface area contributed by atoms with E-state index in [0.29, 0.717) is 0 Å². The third-order valence-electron chi connectivity index (χ3n) is 3.55. The zero-order valence-electron chi connectivity index (χ0n) is 14.2. The number of carbonyl (C=O) groups is 1. The van der Waals surface area contributed by atoms with Gasteiger partial charge in [0, 0.05) is 0 Å². The Labute approximate surface area is 137 Å². The number of rotatable bonds is 4. The second kappa shape index (κ2) is 6.50. The summed E-state index contributed by atoms with van der Waals surface area (Å²) in [5.41, 5.74) is 7.21. The molecule has 0 saturated carbocycles. The molecular formula is C17H27NO3S. The number of phenols is 1. The van der Waals surface area contributed by atoms with E-state index < -0.39 is 11.2 Å². The quantitative estimate of drug-likeness (QED) is 0.742. The average Bonchev–Trinajstić information content (AvgIpc) is 2.33. The lowest BCUT2D eigenvalue weighted by Gasteiger charge is -2.29. The highest BCUT2D eigenvalue weighted by Gasteiger charge is 2.29. The summed E-state index contributed by atoms with van der Waals surface area (Å²) in [5.74, 6) is -0.421. The van der Waals surface area contributed by atoms with Crippen LogP contribution in [0.2, 0.25) is 0 Å². The van der Waals surface area contributed by atoms with Crippen molar-refractivity contribution in [3.05, 3.63) is 28.8 Å². The van der Waals surface area contributed by atoms with Crippen LogP contribution in [-0.4, -0.2) is 22.1 Å². The molecule has 124 valence electrons. The van der Waals surface area contributed by atoms with Crippen molar-refractivity contribution >= 4 is 17.7 Å². The van der Waals surface area contributed by atoms with E-state index in [0.717, 1.165) is 28.5 Å². The van der Waals surface area contributed by atoms with Crippen LogP contribution in [0.25, 0.3) is 0 Å². The Morgan fingerprint density at radius 1 is 1.14 bits per heavy atom. The van der Waals surface area contributed by atoms with Gasteiger partial charge in [-0.15, -0.1) is 11.8 Å². The lowest BCUT2D eigenvalue weighted by Crippen LogP contribution is -2.22. The minimum atomic E-state index is -0.632. The molecule has 0 fully saturated rings. The largest absolute Gasteiger partial charge is 0.507 e. The molecule has 0 spiro atoms. The van der Waals surface area contributed by atoms with Gasteiger partial charge < -0.3 is 15.9 Å². The molecule has 4 nitrogen and oxygen atoms in total. The van der Waals surface area contributed by atoms with Crippen molar-refractivity contribution in [1.29, 1.82) is 0 Å². The zero-order chi connectivity index (χ0) is 17.3. The Bertz CT molecular complexity index is 521. The molecule has 1 aromatic rings. The number of thioether (sulfide) groups is 1. The normalized spacial score (nSPS) is 14.0. The summed E-state index contributed by atoms with van der Waals surface area (Å²) >= 11 is 1.08. The summed E-state index contributed by atoms with van der Waals surface area (Å²) in [6, 6.07) is 3.64. The van der Waals surface area contributed by atoms with E-state index in [1.54, 1.807) is 0 Å². The minimum absolute atomic E-state index is 0.190. The molecule has 4 N–H and O–H groups in total. The van der Waals surface area contributed by atoms with Crippen molar-refractivity contribution in [2.75, 3.05) is 5.94 Å². The van der Waals surface area contributed by atoms with Gasteiger partial charge in [-0.2, -0.15) is 0 Å². The molecular weight excluding hydrogens is 298 g/mol. The molecule has 0 aliphatic carbocycles. The number of aliphatic hydroxyl groups is 1. The molecule has 1 aromatic carbocycles. The first-order valence-electron chi connectivity index (χ1n) is 7.29. The van der Waals surface area contributed by atoms with Gasteiger partial charge in [0.2, 0.25) is 5.91 Å². The van der Waals surface area contributed by atoms with Crippen molar-refractivity contribution in [3.8, 4) is 5.75 Å². The van der Waals surface area contributed by atoms with Crippen LogP contribution < -0.4 is 5.73 Å². The highest BCUT2D eigenvalue weighted by molar-refractivity contribution is 8.00. The van der Waals surface area contributed by atoms with Crippen LogP contribution in [0.4, 0.5) is 0 Å². The molecule has 0 aliphatic rings. The van der Waals surface area contributed by atoms with Gasteiger partial charge in [0.15, 0.2) is 0 Å². The van der Waals surface area contributed by atoms with Gasteiger partial charge in [-0.25, -0.2) is 0 Å². The molecule has 0 bridgehead atoms. The summed E-state index contributed by atoms with van der Waals surface area (Å²) in [4.78, 5) is 11.7. The molecule has 1 amide bonds. The number of hydrogen-bond acceptors (Lipinski definition) is 4. The number of carbonyl (C=O) groups excluding carboxylic acids is 1. The number of nitrogens with two attached hydrogens (primary N) is 1. The number of amides is 1. The minimum Gasteiger partial charge on any atom is -0.507 e. The van der Waals surface area contributed by atoms with E-state index in [2.05, 4.69) is 0 Å². The van der Waals surface area contributed by atoms with E-state index in [9.17, 15) is 9.90 Å². The van der Waals surface area contributed by atoms with Crippen LogP contribution in [0.15, 0.2) is 12.1 Å². The fraction of sp³-hybridized carbons (Fsp3) is 0.588. The predicted molar refractivity (Wildman–Crippen MR) is 92.1 cm³/mol. The standard InChI is InChI=1S/C17H27NO3S/c1-16(2,3)11-7-10(14(15(18)21)22-9-19)8-12(13(11)20)17(4,5)6/h7-8,14,19-20H,9H2,1-6H3,(H2,18,21). The Balaban J connectivity index is 3.63. The number of phenolic OH excluding ortho intramolecular Hbond substituents is 1. The smallest absolute Gasteiger partial charge is 0.235 e. The molecule has 0 aliphatic heterocycles. The van der Waals surface area contributed by atoms with E-state index >= 15 is 0 Å². The topological polar surface area (TPSA) is 83.5 Å². The summed E-state index contributed by atoms with van der Waals surface area (Å²) in [5, 5.41) is 19.2. The summed E-state index contributed by atoms with van der Waals surface area (Å²) < 4.78 is 0. The molecule has 0 saturated heterocycles. The zero-order valence-corrected chi connectivity index (χ0v) is 15.0. The third kappa shape index (κ3) is 4.17. The molecule has 0 radical (unpaired) electrons. The Hall–Kier alpha value is -1.20. The van der Waals surface area contributed by atoms with Crippen LogP contribution in [-0.2, 0) is 15.6 Å². The van der Waals surface area contributed by atoms with E-state index in [-0.39, 0.29) is 22.5 Å². The molecule has 0 heterocycles. The van der Waals surface area contributed by atoms with Crippen LogP contribution >= 0.6 is 11.8 Å². The second-order valence-electron chi connectivity index (χ2n) is 7.54. The van der Waals surface area contributed by atoms with E-state index in [1.807, 2.05) is 53.7 Å². The van der Waals surface area contributed by atoms with Crippen LogP contribution in [0.3, 0.4) is 0 Å². The van der Waals surface area contributed by atoms with Crippen LogP contribution in [0.1, 0.15) is 63.5 Å². The van der Waals surface area contributed by atoms with Gasteiger partial charge in [0.25, 0.3) is 0 Å². The van der Waals surface area contributed by atoms with Crippen molar-refractivity contribution in [2.24, 2.45) is 5.73 Å². The Kier molecular flexibility index (Phi) is 5.57. The van der Waals surface area contributed by atoms with Gasteiger partial charge in [-0.1, -0.05) is 41.5 Å². The average molecular weight is 325 g/mol. The number of hydrogen-bond donors (Lipinski definition) is 3. The monoisotopic (exact) mass is 325 g/mol. The maximum absolute atomic E-state index is 11.7. The number of aliphatic hydroxyl groups excluding tert-OH is 1. The molecule has 1 rings (SSSR count). The molecule has 1 atom stereocenters.